The molecule has 0 radical (unpaired) electrons. The van der Waals surface area contributed by atoms with Gasteiger partial charge in [0.2, 0.25) is 0 Å². The first kappa shape index (κ1) is 19.6. The highest BCUT2D eigenvalue weighted by atomic mass is 32.3. The van der Waals surface area contributed by atoms with Crippen molar-refractivity contribution in [2.75, 3.05) is 44.3 Å². The Morgan fingerprint density at radius 3 is 2.64 bits per heavy atom. The van der Waals surface area contributed by atoms with Crippen LogP contribution in [0.2, 0.25) is 0 Å². The molecule has 0 heterocycles. The Kier molecular flexibility index (Phi) is 8.00. The maximum atomic E-state index is 11.7. The van der Waals surface area contributed by atoms with Crippen LogP contribution in [0.4, 0.5) is 4.79 Å². The minimum atomic E-state index is -0.618. The van der Waals surface area contributed by atoms with Crippen LogP contribution in [0.5, 0.6) is 0 Å². The Hall–Kier alpha value is -0.460. The zero-order valence-electron chi connectivity index (χ0n) is 14.7. The van der Waals surface area contributed by atoms with Crippen molar-refractivity contribution in [3.05, 3.63) is 0 Å². The topological polar surface area (TPSA) is 70.6 Å². The predicted molar refractivity (Wildman–Crippen MR) is 94.9 cm³/mol. The largest absolute Gasteiger partial charge is 0.449 e. The molecular weight excluding hydrogens is 300 g/mol. The fourth-order valence-corrected chi connectivity index (χ4v) is 3.02. The second-order valence-electron chi connectivity index (χ2n) is 7.25. The molecule has 1 rings (SSSR count). The second-order valence-corrected chi connectivity index (χ2v) is 11.8. The van der Waals surface area contributed by atoms with Crippen LogP contribution in [-0.2, 0) is 4.74 Å². The molecule has 22 heavy (non-hydrogen) atoms. The molecule has 1 saturated carbocycles. The molecule has 0 aromatic heterocycles. The van der Waals surface area contributed by atoms with E-state index in [-0.39, 0.29) is 18.7 Å². The number of ether oxygens (including phenoxy) is 1. The van der Waals surface area contributed by atoms with Gasteiger partial charge in [-0.1, -0.05) is 13.8 Å². The standard InChI is InChI=1S/C16H34N2O3S/c1-6-13(18-15-9-14(15)12(2)11-19)10-17-16(20)21-7-8-22(3,4)5/h12-15,18-19H,6-11H2,1-5H3,(H,17,20)/t12-,13-,14+,15+/m1/s1. The molecule has 1 amide bonds. The molecule has 6 heteroatoms. The molecular formula is C16H34N2O3S. The van der Waals surface area contributed by atoms with Crippen LogP contribution in [0, 0.1) is 11.8 Å². The van der Waals surface area contributed by atoms with Gasteiger partial charge >= 0.3 is 6.09 Å². The SMILES string of the molecule is CC[C@H](CNC(=O)OCCS(C)(C)C)N[C@H]1C[C@H]1[C@H](C)CO. The summed E-state index contributed by atoms with van der Waals surface area (Å²) in [6.07, 6.45) is 8.40. The van der Waals surface area contributed by atoms with Crippen molar-refractivity contribution in [2.24, 2.45) is 11.8 Å². The Labute approximate surface area is 136 Å². The van der Waals surface area contributed by atoms with E-state index in [2.05, 4.69) is 43.2 Å². The first-order valence-electron chi connectivity index (χ1n) is 8.20. The van der Waals surface area contributed by atoms with Crippen LogP contribution in [-0.4, -0.2) is 67.6 Å². The Balaban J connectivity index is 2.17. The number of hydrogen-bond acceptors (Lipinski definition) is 4. The first-order chi connectivity index (χ1) is 10.3. The maximum Gasteiger partial charge on any atom is 0.407 e. The summed E-state index contributed by atoms with van der Waals surface area (Å²) in [5.74, 6) is 1.87. The number of hydrogen-bond donors (Lipinski definition) is 3. The normalized spacial score (nSPS) is 24.5. The second kappa shape index (κ2) is 8.99. The number of carbonyl (C=O) groups excluding carboxylic acids is 1. The highest BCUT2D eigenvalue weighted by Crippen LogP contribution is 2.37. The number of rotatable bonds is 10. The molecule has 0 saturated heterocycles. The zero-order valence-corrected chi connectivity index (χ0v) is 15.5. The third-order valence-corrected chi connectivity index (χ3v) is 5.61. The molecule has 0 aromatic rings. The van der Waals surface area contributed by atoms with Gasteiger partial charge in [0.25, 0.3) is 0 Å². The maximum absolute atomic E-state index is 11.7. The van der Waals surface area contributed by atoms with Crippen LogP contribution >= 0.6 is 10.0 Å². The fourth-order valence-electron chi connectivity index (χ4n) is 2.44. The van der Waals surface area contributed by atoms with Gasteiger partial charge in [-0.05, 0) is 43.4 Å². The van der Waals surface area contributed by atoms with Crippen molar-refractivity contribution >= 4 is 16.1 Å². The monoisotopic (exact) mass is 334 g/mol. The molecule has 1 aliphatic rings. The van der Waals surface area contributed by atoms with Gasteiger partial charge in [0.05, 0.1) is 0 Å². The third kappa shape index (κ3) is 7.70. The lowest BCUT2D eigenvalue weighted by Crippen LogP contribution is -2.42. The van der Waals surface area contributed by atoms with Crippen LogP contribution in [0.3, 0.4) is 0 Å². The van der Waals surface area contributed by atoms with Gasteiger partial charge in [-0.2, -0.15) is 0 Å². The van der Waals surface area contributed by atoms with Crippen LogP contribution < -0.4 is 10.6 Å². The molecule has 0 unspecified atom stereocenters. The van der Waals surface area contributed by atoms with E-state index in [1.165, 1.54) is 0 Å². The molecule has 4 atom stereocenters. The van der Waals surface area contributed by atoms with Gasteiger partial charge in [-0.15, -0.1) is 0 Å². The summed E-state index contributed by atoms with van der Waals surface area (Å²) in [5.41, 5.74) is 0. The Morgan fingerprint density at radius 2 is 2.09 bits per heavy atom. The van der Waals surface area contributed by atoms with Crippen LogP contribution in [0.1, 0.15) is 26.7 Å². The van der Waals surface area contributed by atoms with Gasteiger partial charge in [-0.3, -0.25) is 0 Å². The van der Waals surface area contributed by atoms with E-state index in [1.807, 2.05) is 0 Å². The number of carbonyl (C=O) groups is 1. The van der Waals surface area contributed by atoms with E-state index < -0.39 is 10.0 Å². The van der Waals surface area contributed by atoms with E-state index in [0.717, 1.165) is 18.6 Å². The molecule has 0 aromatic carbocycles. The van der Waals surface area contributed by atoms with Crippen molar-refractivity contribution in [1.29, 1.82) is 0 Å². The summed E-state index contributed by atoms with van der Waals surface area (Å²) in [5, 5.41) is 15.6. The molecule has 5 nitrogen and oxygen atoms in total. The van der Waals surface area contributed by atoms with Crippen molar-refractivity contribution in [2.45, 2.75) is 38.8 Å². The highest BCUT2D eigenvalue weighted by molar-refractivity contribution is 8.32. The third-order valence-electron chi connectivity index (χ3n) is 4.22. The molecule has 0 aliphatic heterocycles. The van der Waals surface area contributed by atoms with Crippen LogP contribution in [0.25, 0.3) is 0 Å². The zero-order chi connectivity index (χ0) is 16.8. The summed E-state index contributed by atoms with van der Waals surface area (Å²) in [6.45, 7) is 5.53. The van der Waals surface area contributed by atoms with Gasteiger partial charge < -0.3 is 20.5 Å². The summed E-state index contributed by atoms with van der Waals surface area (Å²) in [6, 6.07) is 0.746. The van der Waals surface area contributed by atoms with E-state index >= 15 is 0 Å². The Bertz CT molecular complexity index is 347. The van der Waals surface area contributed by atoms with Crippen LogP contribution in [0.15, 0.2) is 0 Å². The van der Waals surface area contributed by atoms with Crippen molar-refractivity contribution in [3.63, 3.8) is 0 Å². The predicted octanol–water partition coefficient (Wildman–Crippen LogP) is 1.79. The number of alkyl carbamates (subject to hydrolysis) is 1. The van der Waals surface area contributed by atoms with Crippen molar-refractivity contribution in [3.8, 4) is 0 Å². The Morgan fingerprint density at radius 1 is 1.41 bits per heavy atom. The van der Waals surface area contributed by atoms with E-state index in [1.54, 1.807) is 0 Å². The van der Waals surface area contributed by atoms with Gasteiger partial charge in [0.1, 0.15) is 6.61 Å². The summed E-state index contributed by atoms with van der Waals surface area (Å²) in [4.78, 5) is 11.7. The van der Waals surface area contributed by atoms with E-state index in [0.29, 0.717) is 31.0 Å². The molecule has 0 spiro atoms. The molecule has 1 aliphatic carbocycles. The first-order valence-corrected chi connectivity index (χ1v) is 11.2. The molecule has 3 N–H and O–H groups in total. The summed E-state index contributed by atoms with van der Waals surface area (Å²) >= 11 is 0. The van der Waals surface area contributed by atoms with Gasteiger partial charge in [0, 0.05) is 31.0 Å². The smallest absolute Gasteiger partial charge is 0.407 e. The fraction of sp³-hybridized carbons (Fsp3) is 0.938. The minimum absolute atomic E-state index is 0.250. The molecule has 132 valence electrons. The van der Waals surface area contributed by atoms with Gasteiger partial charge in [0.15, 0.2) is 0 Å². The lowest BCUT2D eigenvalue weighted by molar-refractivity contribution is 0.151. The summed E-state index contributed by atoms with van der Waals surface area (Å²) in [7, 11) is -0.618. The van der Waals surface area contributed by atoms with Gasteiger partial charge in [-0.25, -0.2) is 14.8 Å². The number of aliphatic hydroxyl groups excluding tert-OH is 1. The summed E-state index contributed by atoms with van der Waals surface area (Å²) < 4.78 is 5.22. The minimum Gasteiger partial charge on any atom is -0.449 e. The number of aliphatic hydroxyl groups is 1. The highest BCUT2D eigenvalue weighted by Gasteiger charge is 2.41. The van der Waals surface area contributed by atoms with Crippen molar-refractivity contribution < 1.29 is 14.6 Å². The quantitative estimate of drug-likeness (QED) is 0.570. The average molecular weight is 335 g/mol. The number of amides is 1. The number of nitrogens with one attached hydrogen (secondary N) is 2. The molecule has 0 bridgehead atoms. The van der Waals surface area contributed by atoms with E-state index in [4.69, 9.17) is 4.74 Å². The van der Waals surface area contributed by atoms with Crippen molar-refractivity contribution in [1.82, 2.24) is 10.6 Å². The molecule has 1 fully saturated rings. The average Bonchev–Trinajstić information content (AvgIpc) is 3.20. The lowest BCUT2D eigenvalue weighted by Gasteiger charge is -2.24. The van der Waals surface area contributed by atoms with E-state index in [9.17, 15) is 9.90 Å². The lowest BCUT2D eigenvalue weighted by atomic mass is 10.1.